The highest BCUT2D eigenvalue weighted by molar-refractivity contribution is 5.84. The average Bonchev–Trinajstić information content (AvgIpc) is 2.78. The molecule has 3 N–H and O–H groups in total. The molecule has 1 aromatic rings. The lowest BCUT2D eigenvalue weighted by atomic mass is 9.35. The molecule has 0 saturated heterocycles. The van der Waals surface area contributed by atoms with Crippen molar-refractivity contribution in [3.63, 3.8) is 0 Å². The molecule has 5 saturated carbocycles. The smallest absolute Gasteiger partial charge is 0.226 e. The van der Waals surface area contributed by atoms with Crippen molar-refractivity contribution in [2.45, 2.75) is 108 Å². The molecule has 1 amide bonds. The molecule has 0 spiro atoms. The summed E-state index contributed by atoms with van der Waals surface area (Å²) in [6.07, 6.45) is 13.9. The van der Waals surface area contributed by atoms with E-state index in [1.165, 1.54) is 37.7 Å². The first-order chi connectivity index (χ1) is 15.0. The summed E-state index contributed by atoms with van der Waals surface area (Å²) in [7, 11) is 0. The van der Waals surface area contributed by atoms with E-state index in [2.05, 4.69) is 49.5 Å². The molecule has 3 heteroatoms. The van der Waals surface area contributed by atoms with Crippen LogP contribution in [0.4, 0.5) is 0 Å². The molecule has 170 valence electrons. The number of hydrogen-bond acceptors (Lipinski definition) is 2. The van der Waals surface area contributed by atoms with Gasteiger partial charge in [0, 0.05) is 12.1 Å². The zero-order valence-electron chi connectivity index (χ0n) is 19.7. The number of nitrogens with two attached hydrogens (primary N) is 1. The zero-order chi connectivity index (χ0) is 21.7. The van der Waals surface area contributed by atoms with Crippen molar-refractivity contribution in [1.29, 1.82) is 0 Å². The largest absolute Gasteiger partial charge is 0.353 e. The highest BCUT2D eigenvalue weighted by Gasteiger charge is 2.67. The third kappa shape index (κ3) is 3.37. The lowest BCUT2D eigenvalue weighted by Crippen LogP contribution is -2.66. The van der Waals surface area contributed by atoms with Crippen molar-refractivity contribution in [1.82, 2.24) is 5.32 Å². The van der Waals surface area contributed by atoms with E-state index in [9.17, 15) is 4.79 Å². The Bertz CT molecular complexity index is 778. The maximum absolute atomic E-state index is 13.9. The number of nitrogens with one attached hydrogen (secondary N) is 1. The molecule has 6 rings (SSSR count). The van der Waals surface area contributed by atoms with Crippen LogP contribution in [0.3, 0.4) is 0 Å². The second-order valence-electron chi connectivity index (χ2n) is 11.7. The van der Waals surface area contributed by atoms with E-state index in [4.69, 9.17) is 5.73 Å². The van der Waals surface area contributed by atoms with Gasteiger partial charge in [-0.15, -0.1) is 0 Å². The Hall–Kier alpha value is -1.35. The first-order valence-corrected chi connectivity index (χ1v) is 13.1. The van der Waals surface area contributed by atoms with E-state index in [-0.39, 0.29) is 10.8 Å². The van der Waals surface area contributed by atoms with Crippen molar-refractivity contribution >= 4 is 5.91 Å². The van der Waals surface area contributed by atoms with E-state index >= 15 is 0 Å². The van der Waals surface area contributed by atoms with Gasteiger partial charge in [0.05, 0.1) is 5.41 Å². The summed E-state index contributed by atoms with van der Waals surface area (Å²) >= 11 is 0. The minimum Gasteiger partial charge on any atom is -0.353 e. The second-order valence-corrected chi connectivity index (χ2v) is 11.7. The summed E-state index contributed by atoms with van der Waals surface area (Å²) < 4.78 is 0. The summed E-state index contributed by atoms with van der Waals surface area (Å²) in [5.41, 5.74) is 8.10. The Morgan fingerprint density at radius 2 is 1.65 bits per heavy atom. The van der Waals surface area contributed by atoms with Crippen molar-refractivity contribution in [3.8, 4) is 0 Å². The van der Waals surface area contributed by atoms with E-state index in [1.807, 2.05) is 0 Å². The van der Waals surface area contributed by atoms with Gasteiger partial charge in [0.15, 0.2) is 0 Å². The SMILES string of the molecule is CCCC1(CC)C2CC3(C(=O)NC4CCC(N)CC4)CC1CC(c1ccccc1)(C2)C3. The second kappa shape index (κ2) is 7.90. The maximum Gasteiger partial charge on any atom is 0.226 e. The molecule has 2 atom stereocenters. The van der Waals surface area contributed by atoms with E-state index in [0.29, 0.717) is 35.2 Å². The van der Waals surface area contributed by atoms with E-state index in [0.717, 1.165) is 44.9 Å². The van der Waals surface area contributed by atoms with Gasteiger partial charge >= 0.3 is 0 Å². The molecular formula is C28H42N2O. The summed E-state index contributed by atoms with van der Waals surface area (Å²) in [4.78, 5) is 13.9. The Morgan fingerprint density at radius 1 is 1.00 bits per heavy atom. The molecule has 3 nitrogen and oxygen atoms in total. The molecule has 5 aliphatic rings. The van der Waals surface area contributed by atoms with Crippen LogP contribution >= 0.6 is 0 Å². The van der Waals surface area contributed by atoms with Gasteiger partial charge in [-0.05, 0) is 98.9 Å². The molecule has 1 aromatic carbocycles. The van der Waals surface area contributed by atoms with Crippen LogP contribution in [0.5, 0.6) is 0 Å². The maximum atomic E-state index is 13.9. The number of hydrogen-bond donors (Lipinski definition) is 2. The summed E-state index contributed by atoms with van der Waals surface area (Å²) in [5, 5.41) is 3.55. The lowest BCUT2D eigenvalue weighted by Gasteiger charge is -2.69. The van der Waals surface area contributed by atoms with Crippen LogP contribution in [0.1, 0.15) is 96.5 Å². The van der Waals surface area contributed by atoms with Crippen molar-refractivity contribution in [2.75, 3.05) is 0 Å². The van der Waals surface area contributed by atoms with Gasteiger partial charge in [0.2, 0.25) is 5.91 Å². The number of amides is 1. The number of carbonyl (C=O) groups is 1. The van der Waals surface area contributed by atoms with Crippen LogP contribution < -0.4 is 11.1 Å². The molecule has 0 aromatic heterocycles. The standard InChI is InChI=1S/C28H42N2O/c1-3-14-28(4-2)21-15-26(20-8-6-5-7-9-20)16-22(28)18-27(17-21,19-26)25(31)30-24-12-10-23(29)11-13-24/h5-9,21-24H,3-4,10-19,29H2,1-2H3,(H,30,31). The fourth-order valence-corrected chi connectivity index (χ4v) is 8.91. The van der Waals surface area contributed by atoms with Crippen LogP contribution in [0.2, 0.25) is 0 Å². The molecule has 5 aliphatic carbocycles. The van der Waals surface area contributed by atoms with E-state index < -0.39 is 0 Å². The minimum atomic E-state index is -0.159. The number of benzene rings is 1. The van der Waals surface area contributed by atoms with Crippen molar-refractivity contribution in [2.24, 2.45) is 28.4 Å². The van der Waals surface area contributed by atoms with Gasteiger partial charge in [-0.25, -0.2) is 0 Å². The van der Waals surface area contributed by atoms with Gasteiger partial charge in [-0.2, -0.15) is 0 Å². The van der Waals surface area contributed by atoms with Crippen LogP contribution in [0.15, 0.2) is 30.3 Å². The molecule has 0 radical (unpaired) electrons. The molecule has 0 heterocycles. The van der Waals surface area contributed by atoms with E-state index in [1.54, 1.807) is 0 Å². The molecule has 0 aliphatic heterocycles. The third-order valence-corrected chi connectivity index (χ3v) is 10.2. The highest BCUT2D eigenvalue weighted by atomic mass is 16.2. The molecule has 5 fully saturated rings. The minimum absolute atomic E-state index is 0.159. The van der Waals surface area contributed by atoms with Crippen LogP contribution in [0, 0.1) is 22.7 Å². The summed E-state index contributed by atoms with van der Waals surface area (Å²) in [6.45, 7) is 4.77. The van der Waals surface area contributed by atoms with Crippen LogP contribution in [-0.4, -0.2) is 18.0 Å². The quantitative estimate of drug-likeness (QED) is 0.616. The van der Waals surface area contributed by atoms with Crippen LogP contribution in [-0.2, 0) is 10.2 Å². The van der Waals surface area contributed by atoms with Gasteiger partial charge in [0.25, 0.3) is 0 Å². The Balaban J connectivity index is 1.47. The molecule has 2 unspecified atom stereocenters. The normalized spacial score (nSPS) is 43.7. The van der Waals surface area contributed by atoms with Gasteiger partial charge in [0.1, 0.15) is 0 Å². The fraction of sp³-hybridized carbons (Fsp3) is 0.750. The predicted molar refractivity (Wildman–Crippen MR) is 127 cm³/mol. The topological polar surface area (TPSA) is 55.1 Å². The monoisotopic (exact) mass is 422 g/mol. The van der Waals surface area contributed by atoms with Gasteiger partial charge < -0.3 is 11.1 Å². The van der Waals surface area contributed by atoms with Crippen molar-refractivity contribution < 1.29 is 4.79 Å². The van der Waals surface area contributed by atoms with Gasteiger partial charge in [-0.1, -0.05) is 50.6 Å². The Morgan fingerprint density at radius 3 is 2.23 bits per heavy atom. The molecular weight excluding hydrogens is 380 g/mol. The predicted octanol–water partition coefficient (Wildman–Crippen LogP) is 5.72. The summed E-state index contributed by atoms with van der Waals surface area (Å²) in [5.74, 6) is 1.75. The first-order valence-electron chi connectivity index (χ1n) is 13.1. The highest BCUT2D eigenvalue weighted by Crippen LogP contribution is 2.73. The Labute approximate surface area is 188 Å². The zero-order valence-corrected chi connectivity index (χ0v) is 19.7. The average molecular weight is 423 g/mol. The van der Waals surface area contributed by atoms with Crippen LogP contribution in [0.25, 0.3) is 0 Å². The first kappa shape index (κ1) is 21.5. The number of carbonyl (C=O) groups excluding carboxylic acids is 1. The Kier molecular flexibility index (Phi) is 5.48. The number of rotatable bonds is 6. The van der Waals surface area contributed by atoms with Gasteiger partial charge in [-0.3, -0.25) is 4.79 Å². The van der Waals surface area contributed by atoms with Crippen molar-refractivity contribution in [3.05, 3.63) is 35.9 Å². The summed E-state index contributed by atoms with van der Waals surface area (Å²) in [6, 6.07) is 11.9. The third-order valence-electron chi connectivity index (χ3n) is 10.2. The lowest BCUT2D eigenvalue weighted by molar-refractivity contribution is -0.182. The molecule has 31 heavy (non-hydrogen) atoms. The molecule has 4 bridgehead atoms. The fourth-order valence-electron chi connectivity index (χ4n) is 8.91.